The summed E-state index contributed by atoms with van der Waals surface area (Å²) in [6.07, 6.45) is 1.21. The number of nitrogens with zero attached hydrogens (tertiary/aromatic N) is 1. The number of carbonyl (C=O) groups excluding carboxylic acids is 1. The Balaban J connectivity index is 3.40. The van der Waals surface area contributed by atoms with Gasteiger partial charge in [-0.3, -0.25) is 10.1 Å². The fraction of sp³-hybridized carbons (Fsp3) is 0.182. The predicted octanol–water partition coefficient (Wildman–Crippen LogP) is 3.42. The molecular formula is C11H9Cl2NO4. The normalized spacial score (nSPS) is 11.2. The highest BCUT2D eigenvalue weighted by Crippen LogP contribution is 2.30. The van der Waals surface area contributed by atoms with Gasteiger partial charge in [0.2, 0.25) is 5.70 Å². The molecule has 0 heterocycles. The third-order valence-electron chi connectivity index (χ3n) is 2.17. The van der Waals surface area contributed by atoms with Crippen LogP contribution in [0.25, 0.3) is 6.08 Å². The zero-order chi connectivity index (χ0) is 13.9. The van der Waals surface area contributed by atoms with Crippen molar-refractivity contribution in [3.8, 4) is 0 Å². The molecule has 0 N–H and O–H groups in total. The molecule has 0 unspecified atom stereocenters. The van der Waals surface area contributed by atoms with Crippen LogP contribution in [0, 0.1) is 10.1 Å². The van der Waals surface area contributed by atoms with Crippen LogP contribution in [0.15, 0.2) is 17.8 Å². The maximum absolute atomic E-state index is 11.4. The summed E-state index contributed by atoms with van der Waals surface area (Å²) in [4.78, 5) is 21.4. The molecule has 0 bridgehead atoms. The molecule has 1 rings (SSSR count). The Labute approximate surface area is 113 Å². The Kier molecular flexibility index (Phi) is 4.69. The van der Waals surface area contributed by atoms with E-state index in [4.69, 9.17) is 23.2 Å². The maximum Gasteiger partial charge on any atom is 0.339 e. The molecule has 0 spiro atoms. The molecule has 0 radical (unpaired) electrons. The Morgan fingerprint density at radius 3 is 2.56 bits per heavy atom. The van der Waals surface area contributed by atoms with Gasteiger partial charge >= 0.3 is 5.97 Å². The van der Waals surface area contributed by atoms with Crippen molar-refractivity contribution in [3.05, 3.63) is 49.1 Å². The Hall–Kier alpha value is -1.59. The smallest absolute Gasteiger partial charge is 0.339 e. The fourth-order valence-corrected chi connectivity index (χ4v) is 1.79. The number of rotatable bonds is 3. The lowest BCUT2D eigenvalue weighted by atomic mass is 10.1. The van der Waals surface area contributed by atoms with Crippen LogP contribution in [0.4, 0.5) is 0 Å². The number of hydrogen-bond acceptors (Lipinski definition) is 4. The number of ether oxygens (including phenoxy) is 1. The van der Waals surface area contributed by atoms with Crippen LogP contribution in [0.5, 0.6) is 0 Å². The number of carbonyl (C=O) groups is 1. The highest BCUT2D eigenvalue weighted by Gasteiger charge is 2.17. The molecule has 0 aliphatic carbocycles. The molecule has 1 aromatic carbocycles. The summed E-state index contributed by atoms with van der Waals surface area (Å²) in [5.41, 5.74) is 0.183. The highest BCUT2D eigenvalue weighted by molar-refractivity contribution is 6.39. The topological polar surface area (TPSA) is 69.4 Å². The number of nitro groups is 1. The van der Waals surface area contributed by atoms with Crippen LogP contribution in [-0.4, -0.2) is 18.0 Å². The van der Waals surface area contributed by atoms with Gasteiger partial charge in [-0.1, -0.05) is 23.2 Å². The molecular weight excluding hydrogens is 281 g/mol. The third-order valence-corrected chi connectivity index (χ3v) is 2.91. The average Bonchev–Trinajstić information content (AvgIpc) is 2.33. The second kappa shape index (κ2) is 5.84. The van der Waals surface area contributed by atoms with Gasteiger partial charge < -0.3 is 4.74 Å². The van der Waals surface area contributed by atoms with Gasteiger partial charge in [-0.15, -0.1) is 0 Å². The summed E-state index contributed by atoms with van der Waals surface area (Å²) >= 11 is 11.9. The van der Waals surface area contributed by atoms with Crippen molar-refractivity contribution in [1.82, 2.24) is 0 Å². The summed E-state index contributed by atoms with van der Waals surface area (Å²) in [5.74, 6) is -0.634. The Morgan fingerprint density at radius 1 is 1.44 bits per heavy atom. The summed E-state index contributed by atoms with van der Waals surface area (Å²) in [7, 11) is 1.21. The number of allylic oxidation sites excluding steroid dienone is 1. The van der Waals surface area contributed by atoms with Crippen LogP contribution < -0.4 is 0 Å². The summed E-state index contributed by atoms with van der Waals surface area (Å²) in [6, 6.07) is 2.83. The number of methoxy groups -OCH3 is 1. The molecule has 0 atom stereocenters. The number of benzene rings is 1. The second-order valence-electron chi connectivity index (χ2n) is 3.36. The molecule has 5 nitrogen and oxygen atoms in total. The van der Waals surface area contributed by atoms with Gasteiger partial charge in [0.25, 0.3) is 0 Å². The largest absolute Gasteiger partial charge is 0.465 e. The quantitative estimate of drug-likeness (QED) is 0.486. The SMILES string of the molecule is COC(=O)c1ccc(Cl)c(/C=C(\C)[N+](=O)[O-])c1Cl. The lowest BCUT2D eigenvalue weighted by Crippen LogP contribution is -2.03. The van der Waals surface area contributed by atoms with E-state index in [2.05, 4.69) is 4.74 Å². The van der Waals surface area contributed by atoms with Crippen LogP contribution in [0.3, 0.4) is 0 Å². The van der Waals surface area contributed by atoms with Gasteiger partial charge in [-0.25, -0.2) is 4.79 Å². The van der Waals surface area contributed by atoms with E-state index >= 15 is 0 Å². The van der Waals surface area contributed by atoms with Crippen LogP contribution in [-0.2, 0) is 4.74 Å². The monoisotopic (exact) mass is 289 g/mol. The maximum atomic E-state index is 11.4. The first-order valence-electron chi connectivity index (χ1n) is 4.77. The minimum absolute atomic E-state index is 0.0237. The molecule has 96 valence electrons. The molecule has 18 heavy (non-hydrogen) atoms. The van der Waals surface area contributed by atoms with E-state index in [9.17, 15) is 14.9 Å². The van der Waals surface area contributed by atoms with Crippen LogP contribution in [0.1, 0.15) is 22.8 Å². The van der Waals surface area contributed by atoms with Crippen molar-refractivity contribution in [1.29, 1.82) is 0 Å². The molecule has 1 aromatic rings. The zero-order valence-electron chi connectivity index (χ0n) is 9.57. The molecule has 0 aliphatic rings. The second-order valence-corrected chi connectivity index (χ2v) is 4.14. The summed E-state index contributed by atoms with van der Waals surface area (Å²) in [5, 5.41) is 10.8. The Bertz CT molecular complexity index is 540. The molecule has 7 heteroatoms. The van der Waals surface area contributed by atoms with E-state index in [0.717, 1.165) is 0 Å². The van der Waals surface area contributed by atoms with E-state index in [1.807, 2.05) is 0 Å². The van der Waals surface area contributed by atoms with E-state index < -0.39 is 10.9 Å². The molecule has 0 saturated heterocycles. The van der Waals surface area contributed by atoms with Gasteiger partial charge in [-0.05, 0) is 12.1 Å². The van der Waals surface area contributed by atoms with Gasteiger partial charge in [0.1, 0.15) is 0 Å². The first-order valence-corrected chi connectivity index (χ1v) is 5.53. The van der Waals surface area contributed by atoms with E-state index in [1.165, 1.54) is 32.2 Å². The molecule has 0 fully saturated rings. The number of hydrogen-bond donors (Lipinski definition) is 0. The van der Waals surface area contributed by atoms with Crippen molar-refractivity contribution in [3.63, 3.8) is 0 Å². The summed E-state index contributed by atoms with van der Waals surface area (Å²) in [6.45, 7) is 1.30. The van der Waals surface area contributed by atoms with Gasteiger partial charge in [0, 0.05) is 23.6 Å². The van der Waals surface area contributed by atoms with Gasteiger partial charge in [0.05, 0.1) is 22.6 Å². The standard InChI is InChI=1S/C11H9Cl2NO4/c1-6(14(16)17)5-8-9(12)4-3-7(10(8)13)11(15)18-2/h3-5H,1-2H3/b6-5+. The zero-order valence-corrected chi connectivity index (χ0v) is 11.1. The minimum atomic E-state index is -0.634. The van der Waals surface area contributed by atoms with E-state index in [1.54, 1.807) is 0 Å². The van der Waals surface area contributed by atoms with Crippen molar-refractivity contribution in [2.45, 2.75) is 6.92 Å². The first kappa shape index (κ1) is 14.5. The molecule has 0 amide bonds. The van der Waals surface area contributed by atoms with Gasteiger partial charge in [0.15, 0.2) is 0 Å². The summed E-state index contributed by atoms with van der Waals surface area (Å²) < 4.78 is 4.54. The van der Waals surface area contributed by atoms with Crippen LogP contribution in [0.2, 0.25) is 10.0 Å². The molecule has 0 saturated carbocycles. The third kappa shape index (κ3) is 3.00. The number of esters is 1. The van der Waals surface area contributed by atoms with Crippen molar-refractivity contribution in [2.24, 2.45) is 0 Å². The van der Waals surface area contributed by atoms with Crippen molar-refractivity contribution < 1.29 is 14.5 Å². The van der Waals surface area contributed by atoms with E-state index in [0.29, 0.717) is 0 Å². The fourth-order valence-electron chi connectivity index (χ4n) is 1.23. The molecule has 0 aliphatic heterocycles. The first-order chi connectivity index (χ1) is 8.38. The lowest BCUT2D eigenvalue weighted by molar-refractivity contribution is -0.422. The predicted molar refractivity (Wildman–Crippen MR) is 68.4 cm³/mol. The van der Waals surface area contributed by atoms with Gasteiger partial charge in [-0.2, -0.15) is 0 Å². The Morgan fingerprint density at radius 2 is 2.06 bits per heavy atom. The average molecular weight is 290 g/mol. The minimum Gasteiger partial charge on any atom is -0.465 e. The van der Waals surface area contributed by atoms with E-state index in [-0.39, 0.29) is 26.9 Å². The number of halogens is 2. The van der Waals surface area contributed by atoms with Crippen molar-refractivity contribution in [2.75, 3.05) is 7.11 Å². The van der Waals surface area contributed by atoms with Crippen molar-refractivity contribution >= 4 is 35.2 Å². The highest BCUT2D eigenvalue weighted by atomic mass is 35.5. The molecule has 0 aromatic heterocycles. The lowest BCUT2D eigenvalue weighted by Gasteiger charge is -2.07. The van der Waals surface area contributed by atoms with Crippen LogP contribution >= 0.6 is 23.2 Å².